The summed E-state index contributed by atoms with van der Waals surface area (Å²) in [5.74, 6) is 2.96. The molecule has 0 radical (unpaired) electrons. The lowest BCUT2D eigenvalue weighted by molar-refractivity contribution is 0.282. The minimum Gasteiger partial charge on any atom is -0.493 e. The molecule has 3 heteroatoms. The van der Waals surface area contributed by atoms with Gasteiger partial charge in [-0.1, -0.05) is 13.8 Å². The van der Waals surface area contributed by atoms with Gasteiger partial charge in [0.15, 0.2) is 11.5 Å². The third-order valence-corrected chi connectivity index (χ3v) is 4.78. The summed E-state index contributed by atoms with van der Waals surface area (Å²) in [4.78, 5) is 4.03. The second kappa shape index (κ2) is 6.39. The van der Waals surface area contributed by atoms with E-state index in [1.54, 1.807) is 19.5 Å². The zero-order valence-corrected chi connectivity index (χ0v) is 13.5. The van der Waals surface area contributed by atoms with E-state index in [0.717, 1.165) is 29.4 Å². The van der Waals surface area contributed by atoms with Crippen molar-refractivity contribution >= 4 is 0 Å². The van der Waals surface area contributed by atoms with Crippen molar-refractivity contribution in [3.63, 3.8) is 0 Å². The van der Waals surface area contributed by atoms with Gasteiger partial charge in [0.25, 0.3) is 0 Å². The standard InChI is InChI=1S/C19H23NO2/c1-13-4-5-16-10-19(18(21-3)11-17(16)14(13)2)22-12-15-6-8-20-9-7-15/h6-11,13-14H,4-5,12H2,1-3H3. The van der Waals surface area contributed by atoms with Crippen LogP contribution in [0.15, 0.2) is 36.7 Å². The molecule has 2 aromatic rings. The molecule has 0 aliphatic heterocycles. The zero-order chi connectivity index (χ0) is 15.5. The summed E-state index contributed by atoms with van der Waals surface area (Å²) in [6, 6.07) is 8.26. The third-order valence-electron chi connectivity index (χ3n) is 4.78. The van der Waals surface area contributed by atoms with Crippen LogP contribution in [0.5, 0.6) is 11.5 Å². The summed E-state index contributed by atoms with van der Waals surface area (Å²) in [7, 11) is 1.71. The van der Waals surface area contributed by atoms with Crippen LogP contribution in [-0.2, 0) is 13.0 Å². The van der Waals surface area contributed by atoms with Crippen LogP contribution in [0.2, 0.25) is 0 Å². The Kier molecular flexibility index (Phi) is 4.32. The van der Waals surface area contributed by atoms with E-state index in [1.807, 2.05) is 12.1 Å². The van der Waals surface area contributed by atoms with Crippen LogP contribution in [0.3, 0.4) is 0 Å². The molecule has 0 fully saturated rings. The van der Waals surface area contributed by atoms with Gasteiger partial charge in [-0.15, -0.1) is 0 Å². The first-order valence-electron chi connectivity index (χ1n) is 7.91. The first-order chi connectivity index (χ1) is 10.7. The Labute approximate surface area is 132 Å². The van der Waals surface area contributed by atoms with Gasteiger partial charge in [-0.3, -0.25) is 4.98 Å². The maximum Gasteiger partial charge on any atom is 0.161 e. The van der Waals surface area contributed by atoms with Crippen molar-refractivity contribution in [3.05, 3.63) is 53.3 Å². The maximum atomic E-state index is 5.99. The van der Waals surface area contributed by atoms with Gasteiger partial charge in [0.05, 0.1) is 7.11 Å². The molecule has 2 unspecified atom stereocenters. The zero-order valence-electron chi connectivity index (χ0n) is 13.5. The highest BCUT2D eigenvalue weighted by Gasteiger charge is 2.25. The van der Waals surface area contributed by atoms with Crippen LogP contribution in [0.25, 0.3) is 0 Å². The van der Waals surface area contributed by atoms with E-state index >= 15 is 0 Å². The van der Waals surface area contributed by atoms with E-state index in [0.29, 0.717) is 12.5 Å². The molecule has 22 heavy (non-hydrogen) atoms. The molecule has 0 bridgehead atoms. The number of pyridine rings is 1. The third kappa shape index (κ3) is 2.94. The summed E-state index contributed by atoms with van der Waals surface area (Å²) >= 11 is 0. The van der Waals surface area contributed by atoms with Crippen LogP contribution in [0, 0.1) is 5.92 Å². The number of aromatic nitrogens is 1. The number of methoxy groups -OCH3 is 1. The Balaban J connectivity index is 1.85. The molecule has 1 aromatic heterocycles. The molecule has 1 heterocycles. The van der Waals surface area contributed by atoms with Gasteiger partial charge in [0.1, 0.15) is 6.61 Å². The van der Waals surface area contributed by atoms with Crippen LogP contribution >= 0.6 is 0 Å². The van der Waals surface area contributed by atoms with Crippen LogP contribution < -0.4 is 9.47 Å². The molecule has 0 amide bonds. The second-order valence-corrected chi connectivity index (χ2v) is 6.15. The topological polar surface area (TPSA) is 31.4 Å². The second-order valence-electron chi connectivity index (χ2n) is 6.15. The monoisotopic (exact) mass is 297 g/mol. The molecule has 0 spiro atoms. The number of nitrogens with zero attached hydrogens (tertiary/aromatic N) is 1. The Bertz CT molecular complexity index is 639. The smallest absolute Gasteiger partial charge is 0.161 e. The summed E-state index contributed by atoms with van der Waals surface area (Å²) in [5.41, 5.74) is 3.92. The lowest BCUT2D eigenvalue weighted by Gasteiger charge is -2.29. The number of rotatable bonds is 4. The van der Waals surface area contributed by atoms with Crippen molar-refractivity contribution < 1.29 is 9.47 Å². The van der Waals surface area contributed by atoms with E-state index in [2.05, 4.69) is 31.0 Å². The van der Waals surface area contributed by atoms with Crippen LogP contribution in [0.4, 0.5) is 0 Å². The van der Waals surface area contributed by atoms with Crippen molar-refractivity contribution in [2.45, 2.75) is 39.2 Å². The van der Waals surface area contributed by atoms with Gasteiger partial charge in [0, 0.05) is 12.4 Å². The highest BCUT2D eigenvalue weighted by Crippen LogP contribution is 2.41. The minimum atomic E-state index is 0.531. The Morgan fingerprint density at radius 3 is 2.64 bits per heavy atom. The van der Waals surface area contributed by atoms with Gasteiger partial charge in [-0.25, -0.2) is 0 Å². The summed E-state index contributed by atoms with van der Waals surface area (Å²) in [6.07, 6.45) is 5.93. The summed E-state index contributed by atoms with van der Waals surface area (Å²) in [6.45, 7) is 5.16. The SMILES string of the molecule is COc1cc2c(cc1OCc1ccncc1)CCC(C)C2C. The molecular weight excluding hydrogens is 274 g/mol. The molecule has 3 nitrogen and oxygen atoms in total. The molecule has 1 aliphatic rings. The highest BCUT2D eigenvalue weighted by atomic mass is 16.5. The average molecular weight is 297 g/mol. The van der Waals surface area contributed by atoms with Crippen molar-refractivity contribution in [1.29, 1.82) is 0 Å². The largest absolute Gasteiger partial charge is 0.493 e. The number of aryl methyl sites for hydroxylation is 1. The predicted octanol–water partition coefficient (Wildman–Crippen LogP) is 4.36. The van der Waals surface area contributed by atoms with E-state index in [4.69, 9.17) is 9.47 Å². The normalized spacial score (nSPS) is 20.3. The molecule has 0 saturated heterocycles. The number of hydrogen-bond acceptors (Lipinski definition) is 3. The van der Waals surface area contributed by atoms with Gasteiger partial charge < -0.3 is 9.47 Å². The fourth-order valence-electron chi connectivity index (χ4n) is 3.11. The lowest BCUT2D eigenvalue weighted by Crippen LogP contribution is -2.16. The van der Waals surface area contributed by atoms with Gasteiger partial charge in [0.2, 0.25) is 0 Å². The van der Waals surface area contributed by atoms with Gasteiger partial charge >= 0.3 is 0 Å². The summed E-state index contributed by atoms with van der Waals surface area (Å²) in [5, 5.41) is 0. The van der Waals surface area contributed by atoms with E-state index in [9.17, 15) is 0 Å². The van der Waals surface area contributed by atoms with Crippen molar-refractivity contribution in [2.75, 3.05) is 7.11 Å². The number of ether oxygens (including phenoxy) is 2. The van der Waals surface area contributed by atoms with E-state index in [1.165, 1.54) is 17.5 Å². The molecule has 1 aliphatic carbocycles. The molecule has 0 N–H and O–H groups in total. The van der Waals surface area contributed by atoms with E-state index in [-0.39, 0.29) is 0 Å². The lowest BCUT2D eigenvalue weighted by atomic mass is 9.77. The minimum absolute atomic E-state index is 0.531. The predicted molar refractivity (Wildman–Crippen MR) is 87.5 cm³/mol. The Morgan fingerprint density at radius 1 is 1.14 bits per heavy atom. The highest BCUT2D eigenvalue weighted by molar-refractivity contribution is 5.49. The fraction of sp³-hybridized carbons (Fsp3) is 0.421. The van der Waals surface area contributed by atoms with Crippen molar-refractivity contribution in [2.24, 2.45) is 5.92 Å². The van der Waals surface area contributed by atoms with Crippen LogP contribution in [0.1, 0.15) is 42.9 Å². The van der Waals surface area contributed by atoms with Crippen molar-refractivity contribution in [1.82, 2.24) is 4.98 Å². The van der Waals surface area contributed by atoms with E-state index < -0.39 is 0 Å². The molecule has 2 atom stereocenters. The maximum absolute atomic E-state index is 5.99. The fourth-order valence-corrected chi connectivity index (χ4v) is 3.11. The molecule has 1 aromatic carbocycles. The van der Waals surface area contributed by atoms with Gasteiger partial charge in [-0.2, -0.15) is 0 Å². The number of fused-ring (bicyclic) bond motifs is 1. The molecule has 0 saturated carbocycles. The number of hydrogen-bond donors (Lipinski definition) is 0. The Morgan fingerprint density at radius 2 is 1.91 bits per heavy atom. The molecular formula is C19H23NO2. The van der Waals surface area contributed by atoms with Crippen molar-refractivity contribution in [3.8, 4) is 11.5 Å². The first kappa shape index (κ1) is 14.9. The van der Waals surface area contributed by atoms with Crippen LogP contribution in [-0.4, -0.2) is 12.1 Å². The Hall–Kier alpha value is -2.03. The van der Waals surface area contributed by atoms with Gasteiger partial charge in [-0.05, 0) is 65.6 Å². The average Bonchev–Trinajstić information content (AvgIpc) is 2.57. The quantitative estimate of drug-likeness (QED) is 0.840. The number of benzene rings is 1. The molecule has 116 valence electrons. The first-order valence-corrected chi connectivity index (χ1v) is 7.91. The summed E-state index contributed by atoms with van der Waals surface area (Å²) < 4.78 is 11.5. The molecule has 3 rings (SSSR count).